The molecule has 7 nitrogen and oxygen atoms in total. The van der Waals surface area contributed by atoms with E-state index < -0.39 is 11.9 Å². The number of carbonyl (C=O) groups excluding carboxylic acids is 2. The fourth-order valence-corrected chi connectivity index (χ4v) is 2.10. The zero-order valence-corrected chi connectivity index (χ0v) is 13.1. The molecule has 1 aromatic heterocycles. The zero-order chi connectivity index (χ0) is 16.9. The third-order valence-electron chi connectivity index (χ3n) is 3.22. The quantitative estimate of drug-likeness (QED) is 0.713. The minimum absolute atomic E-state index is 0.114. The van der Waals surface area contributed by atoms with Crippen LogP contribution in [0.25, 0.3) is 11.0 Å². The number of carbonyl (C=O) groups is 2. The topological polar surface area (TPSA) is 94.3 Å². The van der Waals surface area contributed by atoms with Gasteiger partial charge in [-0.15, -0.1) is 0 Å². The van der Waals surface area contributed by atoms with Crippen molar-refractivity contribution in [3.8, 4) is 0 Å². The molecule has 3 rings (SSSR count). The molecule has 0 atom stereocenters. The molecule has 0 unspecified atom stereocenters. The lowest BCUT2D eigenvalue weighted by atomic mass is 10.2. The second-order valence-corrected chi connectivity index (χ2v) is 5.37. The number of nitrogens with zero attached hydrogens (tertiary/aromatic N) is 2. The molecule has 1 N–H and O–H groups in total. The lowest BCUT2D eigenvalue weighted by Crippen LogP contribution is -2.30. The molecule has 2 aromatic carbocycles. The van der Waals surface area contributed by atoms with Gasteiger partial charge in [0.25, 0.3) is 5.91 Å². The summed E-state index contributed by atoms with van der Waals surface area (Å²) in [5, 5.41) is 10.4. The number of aromatic nitrogens is 2. The van der Waals surface area contributed by atoms with Gasteiger partial charge in [0.2, 0.25) is 0 Å². The highest BCUT2D eigenvalue weighted by atomic mass is 35.5. The normalized spacial score (nSPS) is 10.5. The van der Waals surface area contributed by atoms with E-state index in [1.807, 2.05) is 0 Å². The smallest absolute Gasteiger partial charge is 0.325 e. The van der Waals surface area contributed by atoms with Gasteiger partial charge in [0, 0.05) is 10.6 Å². The Morgan fingerprint density at radius 3 is 2.62 bits per heavy atom. The van der Waals surface area contributed by atoms with Gasteiger partial charge in [0.05, 0.1) is 0 Å². The summed E-state index contributed by atoms with van der Waals surface area (Å²) in [5.41, 5.74) is 2.17. The number of ether oxygens (including phenoxy) is 1. The van der Waals surface area contributed by atoms with Crippen molar-refractivity contribution in [2.75, 3.05) is 6.54 Å². The molecule has 0 spiro atoms. The molecule has 0 bridgehead atoms. The lowest BCUT2D eigenvalue weighted by Gasteiger charge is -2.07. The fourth-order valence-electron chi connectivity index (χ4n) is 1.97. The first-order valence-corrected chi connectivity index (χ1v) is 7.40. The Hall–Kier alpha value is -2.93. The number of esters is 1. The standard InChI is InChI=1S/C16H12ClN3O4/c17-12-4-1-10(2-5-12)9-23-15(21)8-18-16(22)11-3-6-13-14(7-11)20-24-19-13/h1-7H,8-9H2,(H,18,22). The third-order valence-corrected chi connectivity index (χ3v) is 3.47. The van der Waals surface area contributed by atoms with E-state index in [0.29, 0.717) is 21.6 Å². The molecule has 122 valence electrons. The van der Waals surface area contributed by atoms with Crippen LogP contribution in [0.15, 0.2) is 47.1 Å². The van der Waals surface area contributed by atoms with Crippen molar-refractivity contribution in [3.05, 3.63) is 58.6 Å². The summed E-state index contributed by atoms with van der Waals surface area (Å²) in [5.74, 6) is -0.953. The number of hydrogen-bond donors (Lipinski definition) is 1. The largest absolute Gasteiger partial charge is 0.460 e. The molecule has 0 fully saturated rings. The summed E-state index contributed by atoms with van der Waals surface area (Å²) in [6, 6.07) is 11.6. The van der Waals surface area contributed by atoms with Crippen molar-refractivity contribution in [2.45, 2.75) is 6.61 Å². The Labute approximate surface area is 141 Å². The zero-order valence-electron chi connectivity index (χ0n) is 12.4. The molecule has 1 amide bonds. The number of benzene rings is 2. The molecule has 24 heavy (non-hydrogen) atoms. The minimum atomic E-state index is -0.539. The molecule has 0 radical (unpaired) electrons. The number of fused-ring (bicyclic) bond motifs is 1. The van der Waals surface area contributed by atoms with E-state index in [1.165, 1.54) is 6.07 Å². The van der Waals surface area contributed by atoms with Crippen molar-refractivity contribution < 1.29 is 19.0 Å². The number of nitrogens with one attached hydrogen (secondary N) is 1. The average molecular weight is 346 g/mol. The van der Waals surface area contributed by atoms with Crippen LogP contribution in [0.1, 0.15) is 15.9 Å². The van der Waals surface area contributed by atoms with Gasteiger partial charge in [-0.2, -0.15) is 0 Å². The Balaban J connectivity index is 1.49. The van der Waals surface area contributed by atoms with Gasteiger partial charge in [-0.25, -0.2) is 4.63 Å². The van der Waals surface area contributed by atoms with Gasteiger partial charge in [-0.05, 0) is 46.2 Å². The molecule has 0 aliphatic rings. The van der Waals surface area contributed by atoms with E-state index in [4.69, 9.17) is 16.3 Å². The molecular weight excluding hydrogens is 334 g/mol. The highest BCUT2D eigenvalue weighted by Crippen LogP contribution is 2.12. The van der Waals surface area contributed by atoms with Gasteiger partial charge in [-0.1, -0.05) is 23.7 Å². The minimum Gasteiger partial charge on any atom is -0.460 e. The summed E-state index contributed by atoms with van der Waals surface area (Å²) in [6.07, 6.45) is 0. The number of hydrogen-bond acceptors (Lipinski definition) is 6. The Bertz CT molecular complexity index is 876. The highest BCUT2D eigenvalue weighted by Gasteiger charge is 2.11. The van der Waals surface area contributed by atoms with E-state index in [9.17, 15) is 9.59 Å². The van der Waals surface area contributed by atoms with E-state index in [0.717, 1.165) is 5.56 Å². The molecular formula is C16H12ClN3O4. The van der Waals surface area contributed by atoms with Crippen LogP contribution in [0.3, 0.4) is 0 Å². The summed E-state index contributed by atoms with van der Waals surface area (Å²) in [4.78, 5) is 23.7. The first-order valence-electron chi connectivity index (χ1n) is 7.02. The van der Waals surface area contributed by atoms with Crippen LogP contribution < -0.4 is 5.32 Å². The molecule has 8 heteroatoms. The van der Waals surface area contributed by atoms with Crippen molar-refractivity contribution in [1.82, 2.24) is 15.6 Å². The van der Waals surface area contributed by atoms with E-state index in [1.54, 1.807) is 36.4 Å². The highest BCUT2D eigenvalue weighted by molar-refractivity contribution is 6.30. The molecule has 0 aliphatic carbocycles. The van der Waals surface area contributed by atoms with Gasteiger partial charge < -0.3 is 10.1 Å². The van der Waals surface area contributed by atoms with E-state index in [2.05, 4.69) is 20.3 Å². The summed E-state index contributed by atoms with van der Waals surface area (Å²) >= 11 is 5.78. The maximum Gasteiger partial charge on any atom is 0.325 e. The molecule has 0 aliphatic heterocycles. The van der Waals surface area contributed by atoms with Crippen LogP contribution in [0.4, 0.5) is 0 Å². The maximum atomic E-state index is 12.0. The monoisotopic (exact) mass is 345 g/mol. The lowest BCUT2D eigenvalue weighted by molar-refractivity contribution is -0.143. The molecule has 0 saturated carbocycles. The van der Waals surface area contributed by atoms with Gasteiger partial charge >= 0.3 is 5.97 Å². The first-order chi connectivity index (χ1) is 11.6. The Kier molecular flexibility index (Phi) is 4.72. The SMILES string of the molecule is O=C(CNC(=O)c1ccc2nonc2c1)OCc1ccc(Cl)cc1. The van der Waals surface area contributed by atoms with Crippen LogP contribution in [-0.4, -0.2) is 28.7 Å². The average Bonchev–Trinajstić information content (AvgIpc) is 3.06. The number of rotatable bonds is 5. The van der Waals surface area contributed by atoms with Crippen LogP contribution in [-0.2, 0) is 16.1 Å². The number of amides is 1. The van der Waals surface area contributed by atoms with Crippen molar-refractivity contribution in [2.24, 2.45) is 0 Å². The second kappa shape index (κ2) is 7.10. The van der Waals surface area contributed by atoms with Crippen LogP contribution in [0, 0.1) is 0 Å². The van der Waals surface area contributed by atoms with Crippen molar-refractivity contribution in [3.63, 3.8) is 0 Å². The van der Waals surface area contributed by atoms with Crippen molar-refractivity contribution in [1.29, 1.82) is 0 Å². The molecule has 3 aromatic rings. The second-order valence-electron chi connectivity index (χ2n) is 4.94. The first kappa shape index (κ1) is 15.9. The Morgan fingerprint density at radius 2 is 1.83 bits per heavy atom. The van der Waals surface area contributed by atoms with E-state index >= 15 is 0 Å². The van der Waals surface area contributed by atoms with Crippen LogP contribution in [0.5, 0.6) is 0 Å². The summed E-state index contributed by atoms with van der Waals surface area (Å²) < 4.78 is 9.64. The van der Waals surface area contributed by atoms with Crippen molar-refractivity contribution >= 4 is 34.5 Å². The summed E-state index contributed by atoms with van der Waals surface area (Å²) in [7, 11) is 0. The fraction of sp³-hybridized carbons (Fsp3) is 0.125. The maximum absolute atomic E-state index is 12.0. The predicted molar refractivity (Wildman–Crippen MR) is 85.4 cm³/mol. The van der Waals surface area contributed by atoms with Gasteiger partial charge in [-0.3, -0.25) is 9.59 Å². The number of halogens is 1. The Morgan fingerprint density at radius 1 is 1.08 bits per heavy atom. The predicted octanol–water partition coefficient (Wildman–Crippen LogP) is 2.35. The molecule has 1 heterocycles. The van der Waals surface area contributed by atoms with Crippen LogP contribution in [0.2, 0.25) is 5.02 Å². The molecule has 0 saturated heterocycles. The van der Waals surface area contributed by atoms with Crippen LogP contribution >= 0.6 is 11.6 Å². The van der Waals surface area contributed by atoms with E-state index in [-0.39, 0.29) is 13.2 Å². The van der Waals surface area contributed by atoms with Gasteiger partial charge in [0.1, 0.15) is 24.2 Å². The van der Waals surface area contributed by atoms with Gasteiger partial charge in [0.15, 0.2) is 0 Å². The summed E-state index contributed by atoms with van der Waals surface area (Å²) in [6.45, 7) is -0.121. The third kappa shape index (κ3) is 3.88.